The van der Waals surface area contributed by atoms with Gasteiger partial charge in [0.25, 0.3) is 5.91 Å². The third kappa shape index (κ3) is 2.25. The molecule has 3 aromatic rings. The number of nitrogens with zero attached hydrogens (tertiary/aromatic N) is 3. The Kier molecular flexibility index (Phi) is 3.80. The Bertz CT molecular complexity index is 1120. The van der Waals surface area contributed by atoms with Crippen LogP contribution in [0, 0.1) is 33.2 Å². The van der Waals surface area contributed by atoms with Crippen LogP contribution in [0.15, 0.2) is 12.1 Å². The molecule has 3 rings (SSSR count). The molecule has 1 amide bonds. The molecule has 0 unspecified atom stereocenters. The van der Waals surface area contributed by atoms with Crippen LogP contribution in [0.25, 0.3) is 21.6 Å². The minimum atomic E-state index is -0.788. The number of hydrogen-bond donors (Lipinski definition) is 3. The fourth-order valence-corrected chi connectivity index (χ4v) is 3.09. The molecule has 7 nitrogen and oxygen atoms in total. The lowest BCUT2D eigenvalue weighted by Gasteiger charge is -2.16. The summed E-state index contributed by atoms with van der Waals surface area (Å²) in [5.41, 5.74) is 13.5. The summed E-state index contributed by atoms with van der Waals surface area (Å²) < 4.78 is 15.6. The van der Waals surface area contributed by atoms with Crippen molar-refractivity contribution in [2.24, 2.45) is 5.73 Å². The molecule has 132 valence electrons. The zero-order valence-electron chi connectivity index (χ0n) is 14.4. The van der Waals surface area contributed by atoms with Crippen LogP contribution in [0.3, 0.4) is 0 Å². The topological polar surface area (TPSA) is 112 Å². The fraction of sp³-hybridized carbons (Fsp3) is 0.167. The number of phenols is 1. The molecule has 0 radical (unpaired) electrons. The van der Waals surface area contributed by atoms with Crippen molar-refractivity contribution in [1.82, 2.24) is 9.55 Å². The van der Waals surface area contributed by atoms with Crippen molar-refractivity contribution in [3.8, 4) is 11.4 Å². The number of hydrogen-bond acceptors (Lipinski definition) is 4. The number of phenolic OH excluding ortho intramolecular Hbond substituents is 1. The molecule has 0 saturated heterocycles. The van der Waals surface area contributed by atoms with Gasteiger partial charge in [0, 0.05) is 28.3 Å². The molecule has 0 aliphatic rings. The molecule has 0 bridgehead atoms. The Labute approximate surface area is 148 Å². The van der Waals surface area contributed by atoms with Crippen LogP contribution in [-0.2, 0) is 0 Å². The Balaban J connectivity index is 2.58. The molecule has 1 aromatic carbocycles. The predicted octanol–water partition coefficient (Wildman–Crippen LogP) is 3.03. The summed E-state index contributed by atoms with van der Waals surface area (Å²) in [7, 11) is 0. The number of nitrogen functional groups attached to an aromatic ring is 1. The van der Waals surface area contributed by atoms with Gasteiger partial charge in [0.05, 0.1) is 17.8 Å². The van der Waals surface area contributed by atoms with E-state index < -0.39 is 11.7 Å². The molecule has 8 heteroatoms. The van der Waals surface area contributed by atoms with Crippen LogP contribution in [-0.4, -0.2) is 20.6 Å². The van der Waals surface area contributed by atoms with E-state index in [1.165, 1.54) is 17.6 Å². The number of primary amides is 1. The van der Waals surface area contributed by atoms with Gasteiger partial charge in [-0.15, -0.1) is 0 Å². The number of pyridine rings is 1. The standard InChI is InChI=1S/C18H16FN5O2/c1-7-11(19)6-13(25)8(2)15(7)24-16(20)14(17(21)26)10-5-12(22-4)9(3)23-18(10)24/h5-6,25H,20H2,1-3H3,(H2,21,26). The number of amides is 1. The van der Waals surface area contributed by atoms with E-state index >= 15 is 0 Å². The van der Waals surface area contributed by atoms with Crippen LogP contribution < -0.4 is 11.5 Å². The smallest absolute Gasteiger partial charge is 0.253 e. The van der Waals surface area contributed by atoms with Crippen molar-refractivity contribution in [3.63, 3.8) is 0 Å². The summed E-state index contributed by atoms with van der Waals surface area (Å²) in [4.78, 5) is 19.7. The Morgan fingerprint density at radius 3 is 2.54 bits per heavy atom. The zero-order chi connectivity index (χ0) is 19.3. The second-order valence-corrected chi connectivity index (χ2v) is 6.01. The highest BCUT2D eigenvalue weighted by Gasteiger charge is 2.25. The molecule has 2 aromatic heterocycles. The Hall–Kier alpha value is -3.60. The number of aromatic nitrogens is 2. The lowest BCUT2D eigenvalue weighted by atomic mass is 10.1. The quantitative estimate of drug-likeness (QED) is 0.615. The van der Waals surface area contributed by atoms with Gasteiger partial charge in [0.1, 0.15) is 23.0 Å². The molecule has 2 heterocycles. The third-order valence-corrected chi connectivity index (χ3v) is 4.45. The number of halogens is 1. The van der Waals surface area contributed by atoms with E-state index in [9.17, 15) is 14.3 Å². The summed E-state index contributed by atoms with van der Waals surface area (Å²) in [6, 6.07) is 2.50. The van der Waals surface area contributed by atoms with Gasteiger partial charge in [-0.1, -0.05) is 0 Å². The van der Waals surface area contributed by atoms with E-state index in [0.717, 1.165) is 6.07 Å². The summed E-state index contributed by atoms with van der Waals surface area (Å²) in [6.07, 6.45) is 0. The zero-order valence-corrected chi connectivity index (χ0v) is 14.4. The monoisotopic (exact) mass is 353 g/mol. The van der Waals surface area contributed by atoms with Crippen molar-refractivity contribution in [1.29, 1.82) is 0 Å². The molecule has 0 saturated carbocycles. The average molecular weight is 353 g/mol. The number of carbonyl (C=O) groups is 1. The van der Waals surface area contributed by atoms with Gasteiger partial charge in [-0.05, 0) is 26.8 Å². The lowest BCUT2D eigenvalue weighted by molar-refractivity contribution is 0.100. The van der Waals surface area contributed by atoms with Gasteiger partial charge in [0.15, 0.2) is 0 Å². The van der Waals surface area contributed by atoms with E-state index in [-0.39, 0.29) is 39.7 Å². The van der Waals surface area contributed by atoms with Crippen LogP contribution in [0.4, 0.5) is 15.9 Å². The summed E-state index contributed by atoms with van der Waals surface area (Å²) in [6.45, 7) is 12.0. The lowest BCUT2D eigenvalue weighted by Crippen LogP contribution is -2.14. The SMILES string of the molecule is [C-]#[N+]c1cc2c(C(N)=O)c(N)n(-c3c(C)c(O)cc(F)c3C)c2nc1C. The largest absolute Gasteiger partial charge is 0.507 e. The maximum Gasteiger partial charge on any atom is 0.253 e. The van der Waals surface area contributed by atoms with E-state index in [1.807, 2.05) is 0 Å². The van der Waals surface area contributed by atoms with E-state index in [1.54, 1.807) is 13.8 Å². The molecule has 0 atom stereocenters. The number of rotatable bonds is 2. The Morgan fingerprint density at radius 2 is 1.96 bits per heavy atom. The van der Waals surface area contributed by atoms with E-state index in [2.05, 4.69) is 9.83 Å². The van der Waals surface area contributed by atoms with Gasteiger partial charge in [-0.3, -0.25) is 9.36 Å². The number of carbonyl (C=O) groups excluding carboxylic acids is 1. The van der Waals surface area contributed by atoms with Gasteiger partial charge < -0.3 is 16.6 Å². The third-order valence-electron chi connectivity index (χ3n) is 4.45. The number of anilines is 1. The molecule has 5 N–H and O–H groups in total. The number of nitrogens with two attached hydrogens (primary N) is 2. The number of aryl methyl sites for hydroxylation is 1. The fourth-order valence-electron chi connectivity index (χ4n) is 3.09. The normalized spacial score (nSPS) is 10.9. The first kappa shape index (κ1) is 17.2. The molecule has 0 spiro atoms. The first-order chi connectivity index (χ1) is 12.2. The van der Waals surface area contributed by atoms with E-state index in [4.69, 9.17) is 18.0 Å². The van der Waals surface area contributed by atoms with Crippen molar-refractivity contribution in [2.75, 3.05) is 5.73 Å². The summed E-state index contributed by atoms with van der Waals surface area (Å²) in [5.74, 6) is -1.69. The number of fused-ring (bicyclic) bond motifs is 1. The van der Waals surface area contributed by atoms with Gasteiger partial charge >= 0.3 is 0 Å². The molecule has 0 fully saturated rings. The maximum atomic E-state index is 14.2. The second-order valence-electron chi connectivity index (χ2n) is 6.01. The van der Waals surface area contributed by atoms with Gasteiger partial charge in [0.2, 0.25) is 5.69 Å². The number of aromatic hydroxyl groups is 1. The van der Waals surface area contributed by atoms with Gasteiger partial charge in [-0.2, -0.15) is 0 Å². The minimum absolute atomic E-state index is 0.0000454. The summed E-state index contributed by atoms with van der Waals surface area (Å²) >= 11 is 0. The molecular formula is C18H16FN5O2. The second kappa shape index (κ2) is 5.74. The summed E-state index contributed by atoms with van der Waals surface area (Å²) in [5, 5.41) is 10.3. The molecule has 0 aliphatic carbocycles. The van der Waals surface area contributed by atoms with Crippen LogP contribution in [0.1, 0.15) is 27.2 Å². The van der Waals surface area contributed by atoms with Crippen molar-refractivity contribution < 1.29 is 14.3 Å². The van der Waals surface area contributed by atoms with Crippen molar-refractivity contribution in [2.45, 2.75) is 20.8 Å². The van der Waals surface area contributed by atoms with Gasteiger partial charge in [-0.25, -0.2) is 14.2 Å². The first-order valence-corrected chi connectivity index (χ1v) is 7.66. The van der Waals surface area contributed by atoms with Crippen LogP contribution in [0.2, 0.25) is 0 Å². The minimum Gasteiger partial charge on any atom is -0.507 e. The van der Waals surface area contributed by atoms with Crippen molar-refractivity contribution in [3.05, 3.63) is 51.8 Å². The van der Waals surface area contributed by atoms with Crippen molar-refractivity contribution >= 4 is 28.4 Å². The highest BCUT2D eigenvalue weighted by Crippen LogP contribution is 2.38. The van der Waals surface area contributed by atoms with Crippen LogP contribution >= 0.6 is 0 Å². The molecule has 26 heavy (non-hydrogen) atoms. The highest BCUT2D eigenvalue weighted by molar-refractivity contribution is 6.11. The van der Waals surface area contributed by atoms with Crippen LogP contribution in [0.5, 0.6) is 5.75 Å². The average Bonchev–Trinajstić information content (AvgIpc) is 2.84. The Morgan fingerprint density at radius 1 is 1.31 bits per heavy atom. The van der Waals surface area contributed by atoms with E-state index in [0.29, 0.717) is 16.6 Å². The predicted molar refractivity (Wildman–Crippen MR) is 96.1 cm³/mol. The molecular weight excluding hydrogens is 337 g/mol. The molecule has 0 aliphatic heterocycles. The highest BCUT2D eigenvalue weighted by atomic mass is 19.1. The number of benzene rings is 1. The maximum absolute atomic E-state index is 14.2. The first-order valence-electron chi connectivity index (χ1n) is 7.66.